The first kappa shape index (κ1) is 12.2. The van der Waals surface area contributed by atoms with E-state index in [1.807, 2.05) is 0 Å². The molecule has 15 heavy (non-hydrogen) atoms. The number of aryl methyl sites for hydroxylation is 1. The zero-order chi connectivity index (χ0) is 11.3. The van der Waals surface area contributed by atoms with Crippen molar-refractivity contribution < 1.29 is 0 Å². The lowest BCUT2D eigenvalue weighted by molar-refractivity contribution is 0.240. The summed E-state index contributed by atoms with van der Waals surface area (Å²) in [7, 11) is 2.16. The topological polar surface area (TPSA) is 29.3 Å². The fourth-order valence-electron chi connectivity index (χ4n) is 1.72. The van der Waals surface area contributed by atoms with Gasteiger partial charge in [0.15, 0.2) is 0 Å². The number of benzene rings is 1. The van der Waals surface area contributed by atoms with E-state index in [0.29, 0.717) is 6.04 Å². The van der Waals surface area contributed by atoms with Gasteiger partial charge in [0, 0.05) is 12.6 Å². The van der Waals surface area contributed by atoms with Crippen molar-refractivity contribution in [2.75, 3.05) is 13.6 Å². The standard InChI is InChI=1S/C13H22N2/c1-11-5-4-6-13(9-11)10-15(3)12(2)7-8-14/h4-6,9,12H,7-8,10,14H2,1-3H3. The highest BCUT2D eigenvalue weighted by molar-refractivity contribution is 5.22. The Hall–Kier alpha value is -0.860. The molecule has 2 nitrogen and oxygen atoms in total. The Morgan fingerprint density at radius 3 is 2.73 bits per heavy atom. The molecule has 0 aromatic heterocycles. The van der Waals surface area contributed by atoms with E-state index in [2.05, 4.69) is 50.1 Å². The smallest absolute Gasteiger partial charge is 0.0233 e. The molecule has 0 spiro atoms. The number of nitrogens with zero attached hydrogens (tertiary/aromatic N) is 1. The molecular weight excluding hydrogens is 184 g/mol. The molecule has 0 heterocycles. The van der Waals surface area contributed by atoms with Gasteiger partial charge in [-0.15, -0.1) is 0 Å². The molecule has 0 radical (unpaired) electrons. The summed E-state index contributed by atoms with van der Waals surface area (Å²) < 4.78 is 0. The van der Waals surface area contributed by atoms with E-state index >= 15 is 0 Å². The van der Waals surface area contributed by atoms with Crippen LogP contribution in [0.1, 0.15) is 24.5 Å². The molecule has 1 aromatic rings. The molecule has 0 fully saturated rings. The summed E-state index contributed by atoms with van der Waals surface area (Å²) in [5.41, 5.74) is 8.26. The molecule has 0 amide bonds. The molecule has 0 aliphatic carbocycles. The first-order chi connectivity index (χ1) is 7.13. The van der Waals surface area contributed by atoms with Crippen LogP contribution in [0.15, 0.2) is 24.3 Å². The maximum absolute atomic E-state index is 5.56. The van der Waals surface area contributed by atoms with Gasteiger partial charge in [0.25, 0.3) is 0 Å². The molecule has 0 saturated carbocycles. The molecule has 1 atom stereocenters. The Morgan fingerprint density at radius 2 is 2.13 bits per heavy atom. The van der Waals surface area contributed by atoms with Crippen LogP contribution < -0.4 is 5.73 Å². The van der Waals surface area contributed by atoms with E-state index in [1.54, 1.807) is 0 Å². The number of hydrogen-bond acceptors (Lipinski definition) is 2. The largest absolute Gasteiger partial charge is 0.330 e. The van der Waals surface area contributed by atoms with E-state index in [0.717, 1.165) is 19.5 Å². The minimum atomic E-state index is 0.551. The highest BCUT2D eigenvalue weighted by Gasteiger charge is 2.08. The summed E-state index contributed by atoms with van der Waals surface area (Å²) in [5, 5.41) is 0. The van der Waals surface area contributed by atoms with Gasteiger partial charge in [-0.2, -0.15) is 0 Å². The summed E-state index contributed by atoms with van der Waals surface area (Å²) in [4.78, 5) is 2.35. The van der Waals surface area contributed by atoms with Crippen LogP contribution in [0.4, 0.5) is 0 Å². The van der Waals surface area contributed by atoms with Crippen molar-refractivity contribution >= 4 is 0 Å². The molecule has 1 rings (SSSR count). The molecule has 0 aliphatic heterocycles. The third kappa shape index (κ3) is 4.02. The minimum Gasteiger partial charge on any atom is -0.330 e. The summed E-state index contributed by atoms with van der Waals surface area (Å²) in [5.74, 6) is 0. The predicted molar refractivity (Wildman–Crippen MR) is 65.8 cm³/mol. The first-order valence-electron chi connectivity index (χ1n) is 5.59. The molecule has 0 saturated heterocycles. The summed E-state index contributed by atoms with van der Waals surface area (Å²) in [6.45, 7) is 6.12. The van der Waals surface area contributed by atoms with Crippen molar-refractivity contribution in [3.8, 4) is 0 Å². The fourth-order valence-corrected chi connectivity index (χ4v) is 1.72. The first-order valence-corrected chi connectivity index (χ1v) is 5.59. The third-order valence-corrected chi connectivity index (χ3v) is 2.85. The molecule has 0 bridgehead atoms. The molecule has 2 N–H and O–H groups in total. The van der Waals surface area contributed by atoms with Crippen LogP contribution in [-0.4, -0.2) is 24.5 Å². The average molecular weight is 206 g/mol. The van der Waals surface area contributed by atoms with E-state index < -0.39 is 0 Å². The summed E-state index contributed by atoms with van der Waals surface area (Å²) in [6, 6.07) is 9.22. The Kier molecular flexibility index (Phi) is 4.79. The lowest BCUT2D eigenvalue weighted by Crippen LogP contribution is -2.30. The predicted octanol–water partition coefficient (Wildman–Crippen LogP) is 2.16. The van der Waals surface area contributed by atoms with Crippen LogP contribution in [0.5, 0.6) is 0 Å². The van der Waals surface area contributed by atoms with E-state index in [1.165, 1.54) is 11.1 Å². The van der Waals surface area contributed by atoms with Crippen LogP contribution in [0.3, 0.4) is 0 Å². The lowest BCUT2D eigenvalue weighted by atomic mass is 10.1. The molecule has 84 valence electrons. The van der Waals surface area contributed by atoms with Crippen molar-refractivity contribution in [1.82, 2.24) is 4.90 Å². The van der Waals surface area contributed by atoms with Crippen LogP contribution in [0.25, 0.3) is 0 Å². The van der Waals surface area contributed by atoms with E-state index in [4.69, 9.17) is 5.73 Å². The number of hydrogen-bond donors (Lipinski definition) is 1. The second-order valence-electron chi connectivity index (χ2n) is 4.33. The summed E-state index contributed by atoms with van der Waals surface area (Å²) >= 11 is 0. The Balaban J connectivity index is 2.54. The van der Waals surface area contributed by atoms with Crippen molar-refractivity contribution in [1.29, 1.82) is 0 Å². The van der Waals surface area contributed by atoms with Crippen LogP contribution in [0, 0.1) is 6.92 Å². The van der Waals surface area contributed by atoms with Gasteiger partial charge in [-0.1, -0.05) is 29.8 Å². The van der Waals surface area contributed by atoms with Crippen molar-refractivity contribution in [3.05, 3.63) is 35.4 Å². The van der Waals surface area contributed by atoms with E-state index in [9.17, 15) is 0 Å². The van der Waals surface area contributed by atoms with Gasteiger partial charge in [-0.3, -0.25) is 4.90 Å². The van der Waals surface area contributed by atoms with Gasteiger partial charge in [-0.05, 0) is 39.4 Å². The zero-order valence-electron chi connectivity index (χ0n) is 10.0. The molecular formula is C13H22N2. The van der Waals surface area contributed by atoms with E-state index in [-0.39, 0.29) is 0 Å². The Labute approximate surface area is 93.1 Å². The molecule has 1 unspecified atom stereocenters. The number of rotatable bonds is 5. The molecule has 0 aliphatic rings. The Morgan fingerprint density at radius 1 is 1.40 bits per heavy atom. The highest BCUT2D eigenvalue weighted by Crippen LogP contribution is 2.09. The van der Waals surface area contributed by atoms with Gasteiger partial charge in [-0.25, -0.2) is 0 Å². The fraction of sp³-hybridized carbons (Fsp3) is 0.538. The van der Waals surface area contributed by atoms with Crippen molar-refractivity contribution in [3.63, 3.8) is 0 Å². The second kappa shape index (κ2) is 5.89. The van der Waals surface area contributed by atoms with Crippen LogP contribution >= 0.6 is 0 Å². The maximum Gasteiger partial charge on any atom is 0.0233 e. The van der Waals surface area contributed by atoms with Crippen molar-refractivity contribution in [2.45, 2.75) is 32.9 Å². The Bertz CT molecular complexity index is 296. The lowest BCUT2D eigenvalue weighted by Gasteiger charge is -2.24. The van der Waals surface area contributed by atoms with Crippen LogP contribution in [0.2, 0.25) is 0 Å². The normalized spacial score (nSPS) is 13.1. The highest BCUT2D eigenvalue weighted by atomic mass is 15.1. The molecule has 2 heteroatoms. The summed E-state index contributed by atoms with van der Waals surface area (Å²) in [6.07, 6.45) is 1.06. The van der Waals surface area contributed by atoms with Gasteiger partial charge >= 0.3 is 0 Å². The SMILES string of the molecule is Cc1cccc(CN(C)C(C)CCN)c1. The van der Waals surface area contributed by atoms with Crippen LogP contribution in [-0.2, 0) is 6.54 Å². The van der Waals surface area contributed by atoms with Gasteiger partial charge in [0.1, 0.15) is 0 Å². The second-order valence-corrected chi connectivity index (χ2v) is 4.33. The third-order valence-electron chi connectivity index (χ3n) is 2.85. The maximum atomic E-state index is 5.56. The van der Waals surface area contributed by atoms with Gasteiger partial charge in [0.2, 0.25) is 0 Å². The number of nitrogens with two attached hydrogens (primary N) is 1. The average Bonchev–Trinajstić information content (AvgIpc) is 2.18. The van der Waals surface area contributed by atoms with Gasteiger partial charge in [0.05, 0.1) is 0 Å². The molecule has 1 aromatic carbocycles. The van der Waals surface area contributed by atoms with Gasteiger partial charge < -0.3 is 5.73 Å². The minimum absolute atomic E-state index is 0.551. The monoisotopic (exact) mass is 206 g/mol. The quantitative estimate of drug-likeness (QED) is 0.800. The zero-order valence-corrected chi connectivity index (χ0v) is 10.0. The van der Waals surface area contributed by atoms with Crippen molar-refractivity contribution in [2.24, 2.45) is 5.73 Å².